The fraction of sp³-hybridized carbons (Fsp3) is 0.533. The first kappa shape index (κ1) is 16.7. The normalized spacial score (nSPS) is 15.6. The summed E-state index contributed by atoms with van der Waals surface area (Å²) in [4.78, 5) is 31.9. The number of piperazine rings is 1. The van der Waals surface area contributed by atoms with Crippen LogP contribution in [0, 0.1) is 0 Å². The quantitative estimate of drug-likeness (QED) is 0.713. The molecule has 6 nitrogen and oxygen atoms in total. The molecule has 0 radical (unpaired) electrons. The summed E-state index contributed by atoms with van der Waals surface area (Å²) in [7, 11) is 0. The van der Waals surface area contributed by atoms with E-state index >= 15 is 0 Å². The van der Waals surface area contributed by atoms with Crippen LogP contribution in [0.2, 0.25) is 0 Å². The van der Waals surface area contributed by atoms with Crippen molar-refractivity contribution in [3.63, 3.8) is 0 Å². The lowest BCUT2D eigenvalue weighted by Gasteiger charge is -2.35. The molecule has 0 spiro atoms. The molecule has 0 atom stereocenters. The predicted molar refractivity (Wildman–Crippen MR) is 85.6 cm³/mol. The highest BCUT2D eigenvalue weighted by atomic mass is 79.9. The lowest BCUT2D eigenvalue weighted by atomic mass is 10.2. The van der Waals surface area contributed by atoms with Crippen LogP contribution < -0.4 is 0 Å². The van der Waals surface area contributed by atoms with Gasteiger partial charge in [0.15, 0.2) is 0 Å². The number of carbonyl (C=O) groups excluding carboxylic acids is 2. The van der Waals surface area contributed by atoms with Crippen LogP contribution in [0.3, 0.4) is 0 Å². The number of nitrogens with zero attached hydrogens (tertiary/aromatic N) is 3. The number of amides is 2. The van der Waals surface area contributed by atoms with E-state index < -0.39 is 5.60 Å². The van der Waals surface area contributed by atoms with Crippen molar-refractivity contribution in [3.05, 3.63) is 28.5 Å². The summed E-state index contributed by atoms with van der Waals surface area (Å²) in [6.45, 7) is 7.43. The number of pyridine rings is 1. The van der Waals surface area contributed by atoms with Gasteiger partial charge in [0.2, 0.25) is 0 Å². The molecule has 0 N–H and O–H groups in total. The zero-order valence-electron chi connectivity index (χ0n) is 13.0. The van der Waals surface area contributed by atoms with Crippen molar-refractivity contribution in [1.82, 2.24) is 14.8 Å². The first-order valence-corrected chi connectivity index (χ1v) is 7.95. The van der Waals surface area contributed by atoms with E-state index in [1.807, 2.05) is 20.8 Å². The summed E-state index contributed by atoms with van der Waals surface area (Å²) in [5.41, 5.74) is 0.0261. The number of hydrogen-bond acceptors (Lipinski definition) is 4. The number of hydrogen-bond donors (Lipinski definition) is 0. The molecule has 1 aromatic heterocycles. The molecule has 0 aliphatic carbocycles. The molecular weight excluding hydrogens is 350 g/mol. The predicted octanol–water partition coefficient (Wildman–Crippen LogP) is 2.54. The van der Waals surface area contributed by atoms with E-state index in [9.17, 15) is 9.59 Å². The topological polar surface area (TPSA) is 62.7 Å². The van der Waals surface area contributed by atoms with Crippen molar-refractivity contribution in [2.45, 2.75) is 26.4 Å². The third-order valence-electron chi connectivity index (χ3n) is 3.21. The molecule has 0 bridgehead atoms. The Bertz CT molecular complexity index is 563. The Labute approximate surface area is 138 Å². The second-order valence-corrected chi connectivity index (χ2v) is 6.85. The van der Waals surface area contributed by atoms with Crippen LogP contribution in [0.15, 0.2) is 22.9 Å². The van der Waals surface area contributed by atoms with Gasteiger partial charge in [0, 0.05) is 32.4 Å². The van der Waals surface area contributed by atoms with Crippen molar-refractivity contribution >= 4 is 27.9 Å². The highest BCUT2D eigenvalue weighted by Crippen LogP contribution is 2.17. The minimum Gasteiger partial charge on any atom is -0.444 e. The third kappa shape index (κ3) is 4.19. The molecular formula is C15H20BrN3O3. The number of halogens is 1. The van der Waals surface area contributed by atoms with Crippen molar-refractivity contribution in [3.8, 4) is 0 Å². The fourth-order valence-electron chi connectivity index (χ4n) is 2.13. The second-order valence-electron chi connectivity index (χ2n) is 6.10. The zero-order chi connectivity index (χ0) is 16.3. The first-order chi connectivity index (χ1) is 10.3. The van der Waals surface area contributed by atoms with E-state index in [0.29, 0.717) is 36.3 Å². The smallest absolute Gasteiger partial charge is 0.410 e. The van der Waals surface area contributed by atoms with Gasteiger partial charge < -0.3 is 14.5 Å². The van der Waals surface area contributed by atoms with Crippen LogP contribution in [-0.4, -0.2) is 58.6 Å². The van der Waals surface area contributed by atoms with Gasteiger partial charge in [-0.25, -0.2) is 9.78 Å². The summed E-state index contributed by atoms with van der Waals surface area (Å²) in [5.74, 6) is -0.0798. The van der Waals surface area contributed by atoms with Gasteiger partial charge in [-0.2, -0.15) is 0 Å². The lowest BCUT2D eigenvalue weighted by Crippen LogP contribution is -2.51. The Kier molecular flexibility index (Phi) is 5.05. The minimum absolute atomic E-state index is 0.0798. The van der Waals surface area contributed by atoms with Crippen LogP contribution in [0.1, 0.15) is 31.1 Å². The van der Waals surface area contributed by atoms with Gasteiger partial charge >= 0.3 is 6.09 Å². The maximum atomic E-state index is 12.4. The van der Waals surface area contributed by atoms with Gasteiger partial charge in [0.1, 0.15) is 10.2 Å². The standard InChI is InChI=1S/C15H20BrN3O3/c1-15(2,3)22-14(21)19-9-7-18(8-10-19)13(20)11-5-4-6-17-12(11)16/h4-6H,7-10H2,1-3H3. The number of aromatic nitrogens is 1. The zero-order valence-corrected chi connectivity index (χ0v) is 14.6. The van der Waals surface area contributed by atoms with Gasteiger partial charge in [-0.1, -0.05) is 0 Å². The van der Waals surface area contributed by atoms with E-state index in [1.54, 1.807) is 28.1 Å². The maximum Gasteiger partial charge on any atom is 0.410 e. The lowest BCUT2D eigenvalue weighted by molar-refractivity contribution is 0.0140. The van der Waals surface area contributed by atoms with Crippen molar-refractivity contribution in [1.29, 1.82) is 0 Å². The molecule has 2 heterocycles. The highest BCUT2D eigenvalue weighted by molar-refractivity contribution is 9.10. The van der Waals surface area contributed by atoms with E-state index in [0.717, 1.165) is 0 Å². The number of rotatable bonds is 1. The molecule has 22 heavy (non-hydrogen) atoms. The molecule has 1 aliphatic rings. The van der Waals surface area contributed by atoms with E-state index in [1.165, 1.54) is 0 Å². The maximum absolute atomic E-state index is 12.4. The van der Waals surface area contributed by atoms with Gasteiger partial charge in [0.05, 0.1) is 5.56 Å². The molecule has 1 saturated heterocycles. The Morgan fingerprint density at radius 2 is 1.77 bits per heavy atom. The molecule has 2 amide bonds. The largest absolute Gasteiger partial charge is 0.444 e. The molecule has 0 saturated carbocycles. The molecule has 1 fully saturated rings. The molecule has 120 valence electrons. The SMILES string of the molecule is CC(C)(C)OC(=O)N1CCN(C(=O)c2cccnc2Br)CC1. The monoisotopic (exact) mass is 369 g/mol. The summed E-state index contributed by atoms with van der Waals surface area (Å²) < 4.78 is 5.88. The molecule has 1 aliphatic heterocycles. The Morgan fingerprint density at radius 3 is 2.32 bits per heavy atom. The molecule has 2 rings (SSSR count). The van der Waals surface area contributed by atoms with Crippen LogP contribution in [0.25, 0.3) is 0 Å². The Morgan fingerprint density at radius 1 is 1.18 bits per heavy atom. The van der Waals surface area contributed by atoms with Crippen LogP contribution in [0.5, 0.6) is 0 Å². The first-order valence-electron chi connectivity index (χ1n) is 7.15. The second kappa shape index (κ2) is 6.64. The molecule has 7 heteroatoms. The van der Waals surface area contributed by atoms with Gasteiger partial charge in [0.25, 0.3) is 5.91 Å². The Hall–Kier alpha value is -1.63. The molecule has 0 aromatic carbocycles. The average Bonchev–Trinajstić information content (AvgIpc) is 2.45. The van der Waals surface area contributed by atoms with Crippen LogP contribution >= 0.6 is 15.9 Å². The van der Waals surface area contributed by atoms with Gasteiger partial charge in [-0.05, 0) is 48.8 Å². The minimum atomic E-state index is -0.509. The summed E-state index contributed by atoms with van der Waals surface area (Å²) in [5, 5.41) is 0. The van der Waals surface area contributed by atoms with Crippen molar-refractivity contribution in [2.24, 2.45) is 0 Å². The third-order valence-corrected chi connectivity index (χ3v) is 3.84. The van der Waals surface area contributed by atoms with Crippen LogP contribution in [0.4, 0.5) is 4.79 Å². The average molecular weight is 370 g/mol. The highest BCUT2D eigenvalue weighted by Gasteiger charge is 2.28. The van der Waals surface area contributed by atoms with E-state index in [4.69, 9.17) is 4.74 Å². The van der Waals surface area contributed by atoms with Crippen LogP contribution in [-0.2, 0) is 4.74 Å². The summed E-state index contributed by atoms with van der Waals surface area (Å²) in [6, 6.07) is 3.47. The van der Waals surface area contributed by atoms with Gasteiger partial charge in [-0.15, -0.1) is 0 Å². The number of carbonyl (C=O) groups is 2. The molecule has 0 unspecified atom stereocenters. The Balaban J connectivity index is 1.94. The molecule has 1 aromatic rings. The van der Waals surface area contributed by atoms with E-state index in [-0.39, 0.29) is 12.0 Å². The number of ether oxygens (including phenoxy) is 1. The van der Waals surface area contributed by atoms with Gasteiger partial charge in [-0.3, -0.25) is 4.79 Å². The van der Waals surface area contributed by atoms with Crippen molar-refractivity contribution in [2.75, 3.05) is 26.2 Å². The summed E-state index contributed by atoms with van der Waals surface area (Å²) in [6.07, 6.45) is 1.29. The van der Waals surface area contributed by atoms with Crippen molar-refractivity contribution < 1.29 is 14.3 Å². The summed E-state index contributed by atoms with van der Waals surface area (Å²) >= 11 is 3.29. The fourth-order valence-corrected chi connectivity index (χ4v) is 2.55. The van der Waals surface area contributed by atoms with E-state index in [2.05, 4.69) is 20.9 Å².